The zero-order chi connectivity index (χ0) is 9.86. The minimum Gasteiger partial charge on any atom is -0.380 e. The molecule has 3 heteroatoms. The molecule has 3 nitrogen and oxygen atoms in total. The highest BCUT2D eigenvalue weighted by Crippen LogP contribution is 2.25. The highest BCUT2D eigenvalue weighted by Gasteiger charge is 2.32. The SMILES string of the molecule is CC1(CNCc2ccncc2)COC1. The number of hydrogen-bond acceptors (Lipinski definition) is 3. The lowest BCUT2D eigenvalue weighted by Crippen LogP contribution is -2.47. The predicted molar refractivity (Wildman–Crippen MR) is 54.9 cm³/mol. The van der Waals surface area contributed by atoms with Gasteiger partial charge in [-0.3, -0.25) is 4.98 Å². The molecule has 1 fully saturated rings. The molecule has 0 saturated carbocycles. The second kappa shape index (κ2) is 4.07. The van der Waals surface area contributed by atoms with Crippen molar-refractivity contribution < 1.29 is 4.74 Å². The average molecular weight is 192 g/mol. The van der Waals surface area contributed by atoms with Crippen molar-refractivity contribution in [3.63, 3.8) is 0 Å². The summed E-state index contributed by atoms with van der Waals surface area (Å²) < 4.78 is 5.19. The van der Waals surface area contributed by atoms with Crippen LogP contribution in [0.1, 0.15) is 12.5 Å². The van der Waals surface area contributed by atoms with E-state index in [9.17, 15) is 0 Å². The highest BCUT2D eigenvalue weighted by atomic mass is 16.5. The van der Waals surface area contributed by atoms with Gasteiger partial charge in [0.25, 0.3) is 0 Å². The van der Waals surface area contributed by atoms with Gasteiger partial charge in [-0.1, -0.05) is 6.92 Å². The largest absolute Gasteiger partial charge is 0.380 e. The number of pyridine rings is 1. The molecule has 14 heavy (non-hydrogen) atoms. The summed E-state index contributed by atoms with van der Waals surface area (Å²) in [5, 5.41) is 3.44. The van der Waals surface area contributed by atoms with Crippen LogP contribution in [-0.4, -0.2) is 24.7 Å². The van der Waals surface area contributed by atoms with Gasteiger partial charge in [0.1, 0.15) is 0 Å². The maximum absolute atomic E-state index is 5.19. The third-order valence-corrected chi connectivity index (χ3v) is 2.53. The topological polar surface area (TPSA) is 34.2 Å². The van der Waals surface area contributed by atoms with Crippen molar-refractivity contribution in [2.75, 3.05) is 19.8 Å². The van der Waals surface area contributed by atoms with Crippen molar-refractivity contribution in [1.82, 2.24) is 10.3 Å². The van der Waals surface area contributed by atoms with Crippen LogP contribution in [-0.2, 0) is 11.3 Å². The highest BCUT2D eigenvalue weighted by molar-refractivity contribution is 5.09. The van der Waals surface area contributed by atoms with Gasteiger partial charge in [0, 0.05) is 30.9 Å². The fourth-order valence-electron chi connectivity index (χ4n) is 1.56. The van der Waals surface area contributed by atoms with Crippen molar-refractivity contribution >= 4 is 0 Å². The van der Waals surface area contributed by atoms with Gasteiger partial charge >= 0.3 is 0 Å². The minimum absolute atomic E-state index is 0.354. The summed E-state index contributed by atoms with van der Waals surface area (Å²) in [5.74, 6) is 0. The van der Waals surface area contributed by atoms with Crippen LogP contribution in [0.2, 0.25) is 0 Å². The monoisotopic (exact) mass is 192 g/mol. The summed E-state index contributed by atoms with van der Waals surface area (Å²) in [7, 11) is 0. The Balaban J connectivity index is 1.73. The Kier molecular flexibility index (Phi) is 2.79. The average Bonchev–Trinajstić information content (AvgIpc) is 2.17. The molecule has 1 aromatic rings. The van der Waals surface area contributed by atoms with Crippen LogP contribution in [0.4, 0.5) is 0 Å². The fourth-order valence-corrected chi connectivity index (χ4v) is 1.56. The van der Waals surface area contributed by atoms with E-state index in [1.165, 1.54) is 5.56 Å². The molecule has 0 spiro atoms. The molecular formula is C11H16N2O. The summed E-state index contributed by atoms with van der Waals surface area (Å²) >= 11 is 0. The predicted octanol–water partition coefficient (Wildman–Crippen LogP) is 1.21. The molecule has 1 aliphatic heterocycles. The van der Waals surface area contributed by atoms with Crippen LogP contribution in [0.3, 0.4) is 0 Å². The Labute approximate surface area is 84.5 Å². The Morgan fingerprint density at radius 1 is 1.43 bits per heavy atom. The van der Waals surface area contributed by atoms with Crippen molar-refractivity contribution in [2.24, 2.45) is 5.41 Å². The van der Waals surface area contributed by atoms with Crippen molar-refractivity contribution in [1.29, 1.82) is 0 Å². The third-order valence-electron chi connectivity index (χ3n) is 2.53. The molecule has 1 N–H and O–H groups in total. The Bertz CT molecular complexity index is 283. The van der Waals surface area contributed by atoms with Crippen LogP contribution in [0.5, 0.6) is 0 Å². The van der Waals surface area contributed by atoms with E-state index in [-0.39, 0.29) is 0 Å². The molecule has 1 aliphatic rings. The van der Waals surface area contributed by atoms with E-state index in [2.05, 4.69) is 17.2 Å². The molecule has 0 amide bonds. The number of nitrogens with one attached hydrogen (secondary N) is 1. The first kappa shape index (κ1) is 9.62. The van der Waals surface area contributed by atoms with Gasteiger partial charge in [-0.15, -0.1) is 0 Å². The molecule has 0 radical (unpaired) electrons. The lowest BCUT2D eigenvalue weighted by molar-refractivity contribution is -0.0991. The van der Waals surface area contributed by atoms with Gasteiger partial charge in [-0.2, -0.15) is 0 Å². The lowest BCUT2D eigenvalue weighted by atomic mass is 9.89. The van der Waals surface area contributed by atoms with Crippen LogP contribution < -0.4 is 5.32 Å². The molecule has 0 aliphatic carbocycles. The summed E-state index contributed by atoms with van der Waals surface area (Å²) in [6.45, 7) is 5.95. The van der Waals surface area contributed by atoms with Gasteiger partial charge in [-0.05, 0) is 17.7 Å². The Hall–Kier alpha value is -0.930. The number of rotatable bonds is 4. The first-order chi connectivity index (χ1) is 6.79. The number of ether oxygens (including phenoxy) is 1. The standard InChI is InChI=1S/C11H16N2O/c1-11(8-14-9-11)7-13-6-10-2-4-12-5-3-10/h2-5,13H,6-9H2,1H3. The van der Waals surface area contributed by atoms with Crippen LogP contribution in [0, 0.1) is 5.41 Å². The molecular weight excluding hydrogens is 176 g/mol. The zero-order valence-corrected chi connectivity index (χ0v) is 8.49. The molecule has 2 rings (SSSR count). The van der Waals surface area contributed by atoms with Gasteiger partial charge in [0.15, 0.2) is 0 Å². The lowest BCUT2D eigenvalue weighted by Gasteiger charge is -2.38. The first-order valence-corrected chi connectivity index (χ1v) is 4.96. The maximum Gasteiger partial charge on any atom is 0.0554 e. The number of nitrogens with zero attached hydrogens (tertiary/aromatic N) is 1. The van der Waals surface area contributed by atoms with Gasteiger partial charge < -0.3 is 10.1 Å². The van der Waals surface area contributed by atoms with Gasteiger partial charge in [-0.25, -0.2) is 0 Å². The van der Waals surface area contributed by atoms with E-state index in [0.29, 0.717) is 5.41 Å². The van der Waals surface area contributed by atoms with E-state index in [1.807, 2.05) is 24.5 Å². The molecule has 0 bridgehead atoms. The maximum atomic E-state index is 5.19. The summed E-state index contributed by atoms with van der Waals surface area (Å²) in [5.41, 5.74) is 1.64. The summed E-state index contributed by atoms with van der Waals surface area (Å²) in [4.78, 5) is 3.98. The normalized spacial score (nSPS) is 18.9. The molecule has 1 saturated heterocycles. The van der Waals surface area contributed by atoms with Crippen molar-refractivity contribution in [2.45, 2.75) is 13.5 Å². The number of hydrogen-bond donors (Lipinski definition) is 1. The number of aromatic nitrogens is 1. The summed E-state index contributed by atoms with van der Waals surface area (Å²) in [6, 6.07) is 4.07. The fraction of sp³-hybridized carbons (Fsp3) is 0.545. The molecule has 0 aromatic carbocycles. The van der Waals surface area contributed by atoms with E-state index in [1.54, 1.807) is 0 Å². The van der Waals surface area contributed by atoms with Gasteiger partial charge in [0.2, 0.25) is 0 Å². The molecule has 2 heterocycles. The third kappa shape index (κ3) is 2.30. The Morgan fingerprint density at radius 2 is 2.14 bits per heavy atom. The van der Waals surface area contributed by atoms with E-state index in [4.69, 9.17) is 4.74 Å². The van der Waals surface area contributed by atoms with Crippen LogP contribution >= 0.6 is 0 Å². The molecule has 76 valence electrons. The van der Waals surface area contributed by atoms with Crippen LogP contribution in [0.25, 0.3) is 0 Å². The zero-order valence-electron chi connectivity index (χ0n) is 8.49. The molecule has 0 atom stereocenters. The Morgan fingerprint density at radius 3 is 2.71 bits per heavy atom. The quantitative estimate of drug-likeness (QED) is 0.778. The van der Waals surface area contributed by atoms with E-state index < -0.39 is 0 Å². The molecule has 0 unspecified atom stereocenters. The molecule has 1 aromatic heterocycles. The second-order valence-electron chi connectivity index (χ2n) is 4.26. The summed E-state index contributed by atoms with van der Waals surface area (Å²) in [6.07, 6.45) is 3.65. The smallest absolute Gasteiger partial charge is 0.0554 e. The van der Waals surface area contributed by atoms with E-state index in [0.717, 1.165) is 26.3 Å². The van der Waals surface area contributed by atoms with E-state index >= 15 is 0 Å². The van der Waals surface area contributed by atoms with Crippen molar-refractivity contribution in [3.05, 3.63) is 30.1 Å². The van der Waals surface area contributed by atoms with Gasteiger partial charge in [0.05, 0.1) is 13.2 Å². The minimum atomic E-state index is 0.354. The van der Waals surface area contributed by atoms with Crippen LogP contribution in [0.15, 0.2) is 24.5 Å². The first-order valence-electron chi connectivity index (χ1n) is 4.96. The van der Waals surface area contributed by atoms with Crippen molar-refractivity contribution in [3.8, 4) is 0 Å². The second-order valence-corrected chi connectivity index (χ2v) is 4.26.